The number of carbonyl (C=O) groups excluding carboxylic acids is 2. The van der Waals surface area contributed by atoms with E-state index in [1.54, 1.807) is 19.9 Å². The normalized spacial score (nSPS) is 24.1. The van der Waals surface area contributed by atoms with Crippen LogP contribution in [0.1, 0.15) is 78.9 Å². The first-order valence-electron chi connectivity index (χ1n) is 14.8. The lowest BCUT2D eigenvalue weighted by Gasteiger charge is -2.39. The van der Waals surface area contributed by atoms with Crippen LogP contribution in [0.3, 0.4) is 0 Å². The van der Waals surface area contributed by atoms with E-state index in [-0.39, 0.29) is 31.1 Å². The number of ether oxygens (including phenoxy) is 2. The number of esters is 1. The number of likely N-dealkylation sites (tertiary alicyclic amines) is 1. The highest BCUT2D eigenvalue weighted by atomic mass is 19.4. The van der Waals surface area contributed by atoms with Crippen molar-refractivity contribution >= 4 is 11.9 Å². The first-order chi connectivity index (χ1) is 20.0. The summed E-state index contributed by atoms with van der Waals surface area (Å²) >= 11 is 0. The molecule has 2 heterocycles. The van der Waals surface area contributed by atoms with E-state index in [1.807, 2.05) is 12.1 Å². The number of aliphatic hydroxyl groups excluding tert-OH is 1. The van der Waals surface area contributed by atoms with Gasteiger partial charge in [-0.25, -0.2) is 4.79 Å². The molecule has 10 heteroatoms. The fraction of sp³-hybridized carbons (Fsp3) is 0.562. The lowest BCUT2D eigenvalue weighted by molar-refractivity contribution is -0.153. The Balaban J connectivity index is 1.19. The van der Waals surface area contributed by atoms with Crippen LogP contribution in [0.15, 0.2) is 42.5 Å². The summed E-state index contributed by atoms with van der Waals surface area (Å²) in [6, 6.07) is 11.0. The Morgan fingerprint density at radius 2 is 1.90 bits per heavy atom. The van der Waals surface area contributed by atoms with E-state index in [2.05, 4.69) is 11.0 Å². The Bertz CT molecular complexity index is 1290. The first kappa shape index (κ1) is 30.4. The van der Waals surface area contributed by atoms with E-state index in [1.165, 1.54) is 11.0 Å². The number of nitrogens with zero attached hydrogens (tertiary/aromatic N) is 2. The fourth-order valence-corrected chi connectivity index (χ4v) is 6.90. The van der Waals surface area contributed by atoms with Crippen LogP contribution in [0, 0.1) is 11.3 Å². The highest BCUT2D eigenvalue weighted by Crippen LogP contribution is 2.47. The SMILES string of the molecule is CCOC(=O)c1cccc(C2CCN(CC3CC[C@@](C(=O)N4COc5ccc(C(F)(F)F)cc5C4)([C@H](C)O)C3)CC2)c1. The summed E-state index contributed by atoms with van der Waals surface area (Å²) in [5, 5.41) is 10.8. The van der Waals surface area contributed by atoms with E-state index >= 15 is 0 Å². The van der Waals surface area contributed by atoms with Gasteiger partial charge in [0.1, 0.15) is 5.75 Å². The lowest BCUT2D eigenvalue weighted by Crippen LogP contribution is -2.50. The van der Waals surface area contributed by atoms with Crippen molar-refractivity contribution in [3.63, 3.8) is 0 Å². The Morgan fingerprint density at radius 3 is 2.60 bits per heavy atom. The van der Waals surface area contributed by atoms with Crippen LogP contribution in [0.5, 0.6) is 5.75 Å². The minimum absolute atomic E-state index is 0.0160. The second-order valence-electron chi connectivity index (χ2n) is 12.0. The number of alkyl halides is 3. The zero-order valence-corrected chi connectivity index (χ0v) is 24.2. The molecule has 1 aliphatic carbocycles. The van der Waals surface area contributed by atoms with Gasteiger partial charge in [-0.15, -0.1) is 0 Å². The maximum atomic E-state index is 13.8. The largest absolute Gasteiger partial charge is 0.473 e. The Kier molecular flexibility index (Phi) is 8.85. The highest BCUT2D eigenvalue weighted by Gasteiger charge is 2.51. The van der Waals surface area contributed by atoms with Crippen LogP contribution < -0.4 is 4.74 Å². The second kappa shape index (κ2) is 12.2. The van der Waals surface area contributed by atoms with E-state index in [0.29, 0.717) is 42.2 Å². The van der Waals surface area contributed by atoms with Crippen LogP contribution in [0.4, 0.5) is 13.2 Å². The van der Waals surface area contributed by atoms with E-state index in [4.69, 9.17) is 9.47 Å². The minimum atomic E-state index is -4.48. The van der Waals surface area contributed by atoms with Crippen LogP contribution >= 0.6 is 0 Å². The zero-order chi connectivity index (χ0) is 30.1. The summed E-state index contributed by atoms with van der Waals surface area (Å²) < 4.78 is 50.6. The van der Waals surface area contributed by atoms with Gasteiger partial charge < -0.3 is 24.4 Å². The quantitative estimate of drug-likeness (QED) is 0.424. The van der Waals surface area contributed by atoms with Gasteiger partial charge in [-0.3, -0.25) is 4.79 Å². The third-order valence-electron chi connectivity index (χ3n) is 9.26. The summed E-state index contributed by atoms with van der Waals surface area (Å²) in [6.07, 6.45) is -1.61. The molecule has 2 aromatic rings. The molecule has 2 aliphatic heterocycles. The molecule has 228 valence electrons. The molecule has 42 heavy (non-hydrogen) atoms. The molecule has 2 aromatic carbocycles. The fourth-order valence-electron chi connectivity index (χ4n) is 6.90. The van der Waals surface area contributed by atoms with Crippen molar-refractivity contribution in [2.75, 3.05) is 33.0 Å². The molecule has 0 aromatic heterocycles. The number of hydrogen-bond donors (Lipinski definition) is 1. The molecule has 0 radical (unpaired) electrons. The van der Waals surface area contributed by atoms with Crippen molar-refractivity contribution in [3.8, 4) is 5.75 Å². The number of carbonyl (C=O) groups is 2. The van der Waals surface area contributed by atoms with Gasteiger partial charge in [-0.05, 0) is 107 Å². The van der Waals surface area contributed by atoms with Crippen molar-refractivity contribution in [1.82, 2.24) is 9.80 Å². The summed E-state index contributed by atoms with van der Waals surface area (Å²) in [7, 11) is 0. The van der Waals surface area contributed by atoms with Gasteiger partial charge in [-0.1, -0.05) is 12.1 Å². The summed E-state index contributed by atoms with van der Waals surface area (Å²) in [6.45, 7) is 6.36. The maximum absolute atomic E-state index is 13.8. The van der Waals surface area contributed by atoms with Gasteiger partial charge in [-0.2, -0.15) is 13.2 Å². The van der Waals surface area contributed by atoms with Gasteiger partial charge in [0.2, 0.25) is 5.91 Å². The average molecular weight is 589 g/mol. The minimum Gasteiger partial charge on any atom is -0.473 e. The zero-order valence-electron chi connectivity index (χ0n) is 24.2. The number of fused-ring (bicyclic) bond motifs is 1. The number of benzene rings is 2. The summed E-state index contributed by atoms with van der Waals surface area (Å²) in [4.78, 5) is 29.8. The molecule has 2 fully saturated rings. The number of piperidine rings is 1. The van der Waals surface area contributed by atoms with Crippen molar-refractivity contribution in [1.29, 1.82) is 0 Å². The Morgan fingerprint density at radius 1 is 1.14 bits per heavy atom. The Labute approximate surface area is 244 Å². The molecule has 3 aliphatic rings. The van der Waals surface area contributed by atoms with Gasteiger partial charge >= 0.3 is 12.1 Å². The van der Waals surface area contributed by atoms with Crippen LogP contribution in [-0.4, -0.2) is 65.9 Å². The van der Waals surface area contributed by atoms with Crippen molar-refractivity contribution < 1.29 is 37.3 Å². The third kappa shape index (κ3) is 6.29. The van der Waals surface area contributed by atoms with Gasteiger partial charge in [0.15, 0.2) is 6.73 Å². The number of rotatable bonds is 7. The highest BCUT2D eigenvalue weighted by molar-refractivity contribution is 5.89. The number of aliphatic hydroxyl groups is 1. The van der Waals surface area contributed by atoms with E-state index in [0.717, 1.165) is 56.6 Å². The second-order valence-corrected chi connectivity index (χ2v) is 12.0. The number of halogens is 3. The van der Waals surface area contributed by atoms with Gasteiger partial charge in [0.05, 0.1) is 35.8 Å². The average Bonchev–Trinajstić information content (AvgIpc) is 3.41. The third-order valence-corrected chi connectivity index (χ3v) is 9.26. The molecule has 1 N–H and O–H groups in total. The molecule has 7 nitrogen and oxygen atoms in total. The molecule has 5 rings (SSSR count). The predicted molar refractivity (Wildman–Crippen MR) is 150 cm³/mol. The maximum Gasteiger partial charge on any atom is 0.416 e. The Hall–Kier alpha value is -3.11. The molecule has 1 amide bonds. The number of hydrogen-bond acceptors (Lipinski definition) is 6. The van der Waals surface area contributed by atoms with Gasteiger partial charge in [0, 0.05) is 12.1 Å². The van der Waals surface area contributed by atoms with Crippen LogP contribution in [0.25, 0.3) is 0 Å². The van der Waals surface area contributed by atoms with E-state index in [9.17, 15) is 27.9 Å². The molecule has 3 atom stereocenters. The number of amides is 1. The van der Waals surface area contributed by atoms with Crippen molar-refractivity contribution in [2.45, 2.75) is 70.7 Å². The first-order valence-corrected chi connectivity index (χ1v) is 14.8. The predicted octanol–water partition coefficient (Wildman–Crippen LogP) is 5.61. The topological polar surface area (TPSA) is 79.3 Å². The van der Waals surface area contributed by atoms with E-state index < -0.39 is 23.3 Å². The molecule has 1 saturated carbocycles. The molecule has 1 unspecified atom stereocenters. The van der Waals surface area contributed by atoms with Crippen LogP contribution in [0.2, 0.25) is 0 Å². The molecular weight excluding hydrogens is 549 g/mol. The smallest absolute Gasteiger partial charge is 0.416 e. The van der Waals surface area contributed by atoms with Gasteiger partial charge in [0.25, 0.3) is 0 Å². The van der Waals surface area contributed by atoms with Crippen LogP contribution in [-0.2, 0) is 22.3 Å². The van der Waals surface area contributed by atoms with Crippen molar-refractivity contribution in [3.05, 3.63) is 64.7 Å². The van der Waals surface area contributed by atoms with Crippen molar-refractivity contribution in [2.24, 2.45) is 11.3 Å². The monoisotopic (exact) mass is 588 g/mol. The standard InChI is InChI=1S/C32H39F3N2O5/c1-3-41-29(39)25-6-4-5-24(15-25)23-10-13-36(14-11-23)18-22-9-12-31(17-22,21(2)38)30(40)37-19-26-16-27(32(33,34)35)7-8-28(26)42-20-37/h4-8,15-16,21-23,38H,3,9-14,17-20H2,1-2H3/t21-,22?,31-/m0/s1. The molecule has 1 saturated heterocycles. The lowest BCUT2D eigenvalue weighted by atomic mass is 9.78. The molecular formula is C32H39F3N2O5. The summed E-state index contributed by atoms with van der Waals surface area (Å²) in [5.74, 6) is 0.363. The molecule has 0 bridgehead atoms. The summed E-state index contributed by atoms with van der Waals surface area (Å²) in [5.41, 5.74) is 0.271. The molecule has 0 spiro atoms.